The number of rotatable bonds is 11. The number of aliphatic carboxylic acids is 1. The van der Waals surface area contributed by atoms with E-state index >= 15 is 0 Å². The maximum absolute atomic E-state index is 12.5. The van der Waals surface area contributed by atoms with E-state index in [4.69, 9.17) is 33.6 Å². The third-order valence-electron chi connectivity index (χ3n) is 2.91. The number of ether oxygens (including phenoxy) is 5. The van der Waals surface area contributed by atoms with E-state index in [2.05, 4.69) is 5.73 Å². The lowest BCUT2D eigenvalue weighted by Crippen LogP contribution is -2.61. The average molecular weight is 393 g/mol. The van der Waals surface area contributed by atoms with Crippen molar-refractivity contribution in [1.82, 2.24) is 0 Å². The van der Waals surface area contributed by atoms with E-state index < -0.39 is 18.7 Å². The normalized spacial score (nSPS) is 12.4. The van der Waals surface area contributed by atoms with Gasteiger partial charge in [0.15, 0.2) is 25.1 Å². The van der Waals surface area contributed by atoms with Crippen molar-refractivity contribution in [3.8, 4) is 17.2 Å². The van der Waals surface area contributed by atoms with Gasteiger partial charge in [0.1, 0.15) is 25.4 Å². The predicted octanol–water partition coefficient (Wildman–Crippen LogP) is -0.580. The standard InChI is InChI=1S/C15H24FNO6.C2H4O2/c1-10(17)14(18)11-6-12(22-8-19-2)15(21-5-4-16)13(7-11)23-9-20-3;1-2(3)4/h6-7,10,14,18H,4-5,8-9,17H2,1-3H3;1H3,(H,3,4). The first-order valence-electron chi connectivity index (χ1n) is 8.07. The number of carbonyl (C=O) groups is 1. The molecule has 0 fully saturated rings. The number of alkyl halides is 1. The highest BCUT2D eigenvalue weighted by atomic mass is 19.1. The summed E-state index contributed by atoms with van der Waals surface area (Å²) < 4.78 is 38.5. The van der Waals surface area contributed by atoms with Crippen molar-refractivity contribution in [3.63, 3.8) is 0 Å². The number of hydrogen-bond donors (Lipinski definition) is 2. The fourth-order valence-corrected chi connectivity index (χ4v) is 1.84. The lowest BCUT2D eigenvalue weighted by Gasteiger charge is -2.20. The van der Waals surface area contributed by atoms with Crippen molar-refractivity contribution in [2.75, 3.05) is 41.1 Å². The average Bonchev–Trinajstić information content (AvgIpc) is 2.61. The fraction of sp³-hybridized carbons (Fsp3) is 0.588. The molecule has 0 bridgehead atoms. The SMILES string of the molecule is CC(=O)[O-].COCOc1cc(C(O)C(C)[NH3+])cc(OCOC)c1OCCF. The topological polar surface area (TPSA) is 134 Å². The van der Waals surface area contributed by atoms with Crippen LogP contribution in [0.15, 0.2) is 12.1 Å². The fourth-order valence-electron chi connectivity index (χ4n) is 1.84. The molecule has 156 valence electrons. The van der Waals surface area contributed by atoms with Crippen LogP contribution in [0.2, 0.25) is 0 Å². The molecule has 0 saturated carbocycles. The lowest BCUT2D eigenvalue weighted by molar-refractivity contribution is -0.433. The van der Waals surface area contributed by atoms with E-state index in [0.29, 0.717) is 5.56 Å². The monoisotopic (exact) mass is 393 g/mol. The number of aliphatic hydroxyl groups excluding tert-OH is 1. The smallest absolute Gasteiger partial charge is 0.203 e. The third kappa shape index (κ3) is 9.94. The molecule has 0 aliphatic carbocycles. The van der Waals surface area contributed by atoms with Crippen LogP contribution in [0.4, 0.5) is 4.39 Å². The van der Waals surface area contributed by atoms with Crippen LogP contribution < -0.4 is 25.1 Å². The molecule has 1 aromatic carbocycles. The Kier molecular flexibility index (Phi) is 12.9. The van der Waals surface area contributed by atoms with E-state index in [9.17, 15) is 9.50 Å². The van der Waals surface area contributed by atoms with E-state index in [1.165, 1.54) is 14.2 Å². The largest absolute Gasteiger partial charge is 0.550 e. The molecular weight excluding hydrogens is 365 g/mol. The van der Waals surface area contributed by atoms with Gasteiger partial charge in [-0.2, -0.15) is 0 Å². The molecule has 4 N–H and O–H groups in total. The number of hydrogen-bond acceptors (Lipinski definition) is 8. The third-order valence-corrected chi connectivity index (χ3v) is 2.91. The first kappa shape index (κ1) is 24.9. The van der Waals surface area contributed by atoms with E-state index in [1.54, 1.807) is 19.1 Å². The van der Waals surface area contributed by atoms with E-state index in [0.717, 1.165) is 6.92 Å². The molecule has 0 aromatic heterocycles. The Morgan fingerprint density at radius 3 is 1.96 bits per heavy atom. The van der Waals surface area contributed by atoms with Crippen LogP contribution in [-0.2, 0) is 14.3 Å². The van der Waals surface area contributed by atoms with Gasteiger partial charge in [0, 0.05) is 20.2 Å². The number of carboxylic acids is 1. The van der Waals surface area contributed by atoms with Gasteiger partial charge in [-0.15, -0.1) is 0 Å². The summed E-state index contributed by atoms with van der Waals surface area (Å²) in [4.78, 5) is 8.89. The summed E-state index contributed by atoms with van der Waals surface area (Å²) in [5.41, 5.74) is 4.35. The maximum atomic E-state index is 12.5. The predicted molar refractivity (Wildman–Crippen MR) is 90.9 cm³/mol. The summed E-state index contributed by atoms with van der Waals surface area (Å²) in [6.07, 6.45) is -0.819. The number of carbonyl (C=O) groups excluding carboxylic acids is 1. The zero-order valence-corrected chi connectivity index (χ0v) is 16.0. The first-order valence-corrected chi connectivity index (χ1v) is 8.07. The van der Waals surface area contributed by atoms with Crippen LogP contribution in [0, 0.1) is 0 Å². The molecule has 0 radical (unpaired) electrons. The Labute approximate surface area is 157 Å². The van der Waals surface area contributed by atoms with Gasteiger partial charge in [-0.25, -0.2) is 4.39 Å². The van der Waals surface area contributed by atoms with Crippen LogP contribution >= 0.6 is 0 Å². The van der Waals surface area contributed by atoms with Gasteiger partial charge in [-0.05, 0) is 31.5 Å². The van der Waals surface area contributed by atoms with Crippen molar-refractivity contribution in [2.24, 2.45) is 0 Å². The number of aliphatic hydroxyl groups is 1. The van der Waals surface area contributed by atoms with Gasteiger partial charge < -0.3 is 44.4 Å². The first-order chi connectivity index (χ1) is 12.8. The molecule has 0 heterocycles. The highest BCUT2D eigenvalue weighted by molar-refractivity contribution is 5.60. The van der Waals surface area contributed by atoms with Crippen LogP contribution in [0.25, 0.3) is 0 Å². The molecule has 2 unspecified atom stereocenters. The van der Waals surface area contributed by atoms with Gasteiger partial charge in [0.2, 0.25) is 5.75 Å². The summed E-state index contributed by atoms with van der Waals surface area (Å²) >= 11 is 0. The Balaban J connectivity index is 0.00000153. The second kappa shape index (κ2) is 14.0. The van der Waals surface area contributed by atoms with Gasteiger partial charge in [0.05, 0.1) is 0 Å². The van der Waals surface area contributed by atoms with Crippen molar-refractivity contribution < 1.29 is 48.8 Å². The molecule has 0 amide bonds. The van der Waals surface area contributed by atoms with Gasteiger partial charge in [0.25, 0.3) is 0 Å². The van der Waals surface area contributed by atoms with Crippen molar-refractivity contribution >= 4 is 5.97 Å². The number of carboxylic acid groups (broad SMARTS) is 1. The highest BCUT2D eigenvalue weighted by Gasteiger charge is 2.22. The van der Waals surface area contributed by atoms with Gasteiger partial charge >= 0.3 is 0 Å². The summed E-state index contributed by atoms with van der Waals surface area (Å²) in [5, 5.41) is 19.1. The van der Waals surface area contributed by atoms with E-state index in [1.807, 2.05) is 0 Å². The number of methoxy groups -OCH3 is 2. The molecule has 0 aliphatic rings. The molecule has 0 saturated heterocycles. The Bertz CT molecular complexity index is 523. The van der Waals surface area contributed by atoms with Gasteiger partial charge in [-0.3, -0.25) is 0 Å². The van der Waals surface area contributed by atoms with Crippen LogP contribution in [-0.4, -0.2) is 58.2 Å². The summed E-state index contributed by atoms with van der Waals surface area (Å²) in [6, 6.07) is 2.94. The van der Waals surface area contributed by atoms with Gasteiger partial charge in [-0.1, -0.05) is 0 Å². The molecule has 0 spiro atoms. The molecular formula is C17H28FNO8. The quantitative estimate of drug-likeness (QED) is 0.477. The second-order valence-corrected chi connectivity index (χ2v) is 5.40. The minimum Gasteiger partial charge on any atom is -0.550 e. The number of benzene rings is 1. The molecule has 1 aromatic rings. The molecule has 2 atom stereocenters. The summed E-state index contributed by atoms with van der Waals surface area (Å²) in [5.74, 6) is -0.295. The van der Waals surface area contributed by atoms with Crippen molar-refractivity contribution in [3.05, 3.63) is 17.7 Å². The summed E-state index contributed by atoms with van der Waals surface area (Å²) in [7, 11) is 2.95. The minimum absolute atomic E-state index is 0.0326. The molecule has 27 heavy (non-hydrogen) atoms. The van der Waals surface area contributed by atoms with Crippen molar-refractivity contribution in [2.45, 2.75) is 26.0 Å². The zero-order chi connectivity index (χ0) is 20.8. The number of halogens is 1. The molecule has 1 rings (SSSR count). The number of quaternary nitrogens is 1. The Hall–Kier alpha value is -2.14. The Morgan fingerprint density at radius 2 is 1.63 bits per heavy atom. The lowest BCUT2D eigenvalue weighted by atomic mass is 10.0. The zero-order valence-electron chi connectivity index (χ0n) is 16.0. The second-order valence-electron chi connectivity index (χ2n) is 5.40. The van der Waals surface area contributed by atoms with E-state index in [-0.39, 0.29) is 43.5 Å². The molecule has 0 aliphatic heterocycles. The molecule has 10 heteroatoms. The minimum atomic E-state index is -1.08. The molecule has 9 nitrogen and oxygen atoms in total. The van der Waals surface area contributed by atoms with Crippen LogP contribution in [0.1, 0.15) is 25.5 Å². The van der Waals surface area contributed by atoms with Crippen LogP contribution in [0.3, 0.4) is 0 Å². The maximum Gasteiger partial charge on any atom is 0.203 e. The van der Waals surface area contributed by atoms with Crippen molar-refractivity contribution in [1.29, 1.82) is 0 Å². The summed E-state index contributed by atoms with van der Waals surface area (Å²) in [6.45, 7) is 1.88. The Morgan fingerprint density at radius 1 is 1.19 bits per heavy atom. The van der Waals surface area contributed by atoms with Crippen LogP contribution in [0.5, 0.6) is 17.2 Å². The highest BCUT2D eigenvalue weighted by Crippen LogP contribution is 2.40.